The molecule has 0 aromatic rings. The Labute approximate surface area is 106 Å². The van der Waals surface area contributed by atoms with Gasteiger partial charge in [-0.05, 0) is 25.7 Å². The SMILES string of the molecule is O=C(O)C1CCCN(S(=O)(=O)NC2CC(O)C2)C1. The molecule has 2 fully saturated rings. The first-order chi connectivity index (χ1) is 8.38. The van der Waals surface area contributed by atoms with Gasteiger partial charge in [-0.15, -0.1) is 0 Å². The second kappa shape index (κ2) is 5.12. The van der Waals surface area contributed by atoms with Gasteiger partial charge in [-0.3, -0.25) is 4.79 Å². The number of piperidine rings is 1. The lowest BCUT2D eigenvalue weighted by atomic mass is 9.91. The average Bonchev–Trinajstić information content (AvgIpc) is 2.27. The highest BCUT2D eigenvalue weighted by Gasteiger charge is 2.36. The number of aliphatic hydroxyl groups excluding tert-OH is 1. The van der Waals surface area contributed by atoms with E-state index in [0.717, 1.165) is 0 Å². The van der Waals surface area contributed by atoms with Crippen LogP contribution in [0, 0.1) is 5.92 Å². The average molecular weight is 278 g/mol. The Kier molecular flexibility index (Phi) is 3.90. The molecule has 1 saturated heterocycles. The third kappa shape index (κ3) is 3.00. The van der Waals surface area contributed by atoms with E-state index in [-0.39, 0.29) is 12.6 Å². The molecular formula is C10H18N2O5S. The quantitative estimate of drug-likeness (QED) is 0.620. The topological polar surface area (TPSA) is 107 Å². The molecule has 0 spiro atoms. The maximum atomic E-state index is 12.0. The Hall–Kier alpha value is -0.700. The van der Waals surface area contributed by atoms with Gasteiger partial charge in [0, 0.05) is 19.1 Å². The normalized spacial score (nSPS) is 33.9. The number of carboxylic acids is 1. The van der Waals surface area contributed by atoms with Crippen LogP contribution in [0.5, 0.6) is 0 Å². The first-order valence-corrected chi connectivity index (χ1v) is 7.51. The number of aliphatic carboxylic acids is 1. The van der Waals surface area contributed by atoms with Crippen molar-refractivity contribution in [2.45, 2.75) is 37.8 Å². The fourth-order valence-electron chi connectivity index (χ4n) is 2.33. The van der Waals surface area contributed by atoms with E-state index in [9.17, 15) is 13.2 Å². The zero-order chi connectivity index (χ0) is 13.3. The molecule has 104 valence electrons. The van der Waals surface area contributed by atoms with E-state index in [4.69, 9.17) is 10.2 Å². The molecule has 0 bridgehead atoms. The largest absolute Gasteiger partial charge is 0.481 e. The number of hydrogen-bond acceptors (Lipinski definition) is 4. The van der Waals surface area contributed by atoms with Crippen molar-refractivity contribution in [3.05, 3.63) is 0 Å². The summed E-state index contributed by atoms with van der Waals surface area (Å²) in [5.74, 6) is -1.57. The van der Waals surface area contributed by atoms with Crippen molar-refractivity contribution >= 4 is 16.2 Å². The molecule has 0 aromatic carbocycles. The predicted octanol–water partition coefficient (Wildman–Crippen LogP) is -0.859. The van der Waals surface area contributed by atoms with Crippen molar-refractivity contribution in [2.75, 3.05) is 13.1 Å². The van der Waals surface area contributed by atoms with Crippen LogP contribution in [0.15, 0.2) is 0 Å². The van der Waals surface area contributed by atoms with E-state index in [1.165, 1.54) is 4.31 Å². The van der Waals surface area contributed by atoms with Crippen LogP contribution in [-0.4, -0.2) is 54.1 Å². The summed E-state index contributed by atoms with van der Waals surface area (Å²) in [6.45, 7) is 0.383. The Balaban J connectivity index is 1.94. The standard InChI is InChI=1S/C10H18N2O5S/c13-9-4-8(5-9)11-18(16,17)12-3-1-2-7(6-12)10(14)15/h7-9,11,13H,1-6H2,(H,14,15). The van der Waals surface area contributed by atoms with Crippen LogP contribution in [0.2, 0.25) is 0 Å². The molecule has 2 aliphatic rings. The fourth-order valence-corrected chi connectivity index (χ4v) is 3.84. The Bertz CT molecular complexity index is 418. The maximum Gasteiger partial charge on any atom is 0.307 e. The van der Waals surface area contributed by atoms with E-state index >= 15 is 0 Å². The van der Waals surface area contributed by atoms with Crippen LogP contribution < -0.4 is 4.72 Å². The minimum Gasteiger partial charge on any atom is -0.481 e. The third-order valence-corrected chi connectivity index (χ3v) is 5.14. The minimum atomic E-state index is -3.62. The van der Waals surface area contributed by atoms with Gasteiger partial charge in [-0.2, -0.15) is 17.4 Å². The van der Waals surface area contributed by atoms with E-state index in [0.29, 0.717) is 32.2 Å². The molecule has 18 heavy (non-hydrogen) atoms. The van der Waals surface area contributed by atoms with Gasteiger partial charge in [0.1, 0.15) is 0 Å². The molecule has 2 rings (SSSR count). The summed E-state index contributed by atoms with van der Waals surface area (Å²) in [5, 5.41) is 18.0. The number of aliphatic hydroxyl groups is 1. The molecule has 1 saturated carbocycles. The van der Waals surface area contributed by atoms with Gasteiger partial charge in [0.05, 0.1) is 12.0 Å². The van der Waals surface area contributed by atoms with Gasteiger partial charge in [-0.1, -0.05) is 0 Å². The highest BCUT2D eigenvalue weighted by Crippen LogP contribution is 2.23. The smallest absolute Gasteiger partial charge is 0.307 e. The van der Waals surface area contributed by atoms with Gasteiger partial charge < -0.3 is 10.2 Å². The van der Waals surface area contributed by atoms with Crippen molar-refractivity contribution in [1.82, 2.24) is 9.03 Å². The molecule has 1 aliphatic carbocycles. The van der Waals surface area contributed by atoms with Crippen molar-refractivity contribution in [2.24, 2.45) is 5.92 Å². The summed E-state index contributed by atoms with van der Waals surface area (Å²) >= 11 is 0. The molecule has 0 aromatic heterocycles. The lowest BCUT2D eigenvalue weighted by Gasteiger charge is -2.35. The first-order valence-electron chi connectivity index (χ1n) is 6.07. The van der Waals surface area contributed by atoms with E-state index in [1.54, 1.807) is 0 Å². The van der Waals surface area contributed by atoms with Crippen LogP contribution in [0.3, 0.4) is 0 Å². The van der Waals surface area contributed by atoms with Crippen LogP contribution in [0.1, 0.15) is 25.7 Å². The van der Waals surface area contributed by atoms with E-state index in [1.807, 2.05) is 0 Å². The van der Waals surface area contributed by atoms with Crippen LogP contribution in [-0.2, 0) is 15.0 Å². The minimum absolute atomic E-state index is 0.0277. The fraction of sp³-hybridized carbons (Fsp3) is 0.900. The van der Waals surface area contributed by atoms with Gasteiger partial charge >= 0.3 is 5.97 Å². The summed E-state index contributed by atoms with van der Waals surface area (Å²) in [5.41, 5.74) is 0. The summed E-state index contributed by atoms with van der Waals surface area (Å²) < 4.78 is 27.7. The lowest BCUT2D eigenvalue weighted by Crippen LogP contribution is -2.54. The second-order valence-electron chi connectivity index (χ2n) is 4.98. The van der Waals surface area contributed by atoms with Crippen molar-refractivity contribution in [1.29, 1.82) is 0 Å². The number of nitrogens with zero attached hydrogens (tertiary/aromatic N) is 1. The molecule has 8 heteroatoms. The Morgan fingerprint density at radius 3 is 2.56 bits per heavy atom. The molecule has 1 aliphatic heterocycles. The summed E-state index contributed by atoms with van der Waals surface area (Å²) in [7, 11) is -3.62. The first kappa shape index (κ1) is 13.7. The molecular weight excluding hydrogens is 260 g/mol. The summed E-state index contributed by atoms with van der Waals surface area (Å²) in [6.07, 6.45) is 1.50. The third-order valence-electron chi connectivity index (χ3n) is 3.50. The number of carboxylic acid groups (broad SMARTS) is 1. The lowest BCUT2D eigenvalue weighted by molar-refractivity contribution is -0.142. The van der Waals surface area contributed by atoms with Gasteiger partial charge in [0.2, 0.25) is 0 Å². The van der Waals surface area contributed by atoms with Crippen molar-refractivity contribution in [3.63, 3.8) is 0 Å². The number of hydrogen-bond donors (Lipinski definition) is 3. The van der Waals surface area contributed by atoms with Crippen LogP contribution in [0.4, 0.5) is 0 Å². The van der Waals surface area contributed by atoms with Crippen molar-refractivity contribution in [3.8, 4) is 0 Å². The predicted molar refractivity (Wildman–Crippen MR) is 63.0 cm³/mol. The highest BCUT2D eigenvalue weighted by molar-refractivity contribution is 7.87. The molecule has 1 heterocycles. The number of rotatable bonds is 4. The maximum absolute atomic E-state index is 12.0. The van der Waals surface area contributed by atoms with Gasteiger partial charge in [0.25, 0.3) is 10.2 Å². The Morgan fingerprint density at radius 1 is 1.33 bits per heavy atom. The van der Waals surface area contributed by atoms with Crippen LogP contribution >= 0.6 is 0 Å². The Morgan fingerprint density at radius 2 is 2.00 bits per heavy atom. The van der Waals surface area contributed by atoms with E-state index in [2.05, 4.69) is 4.72 Å². The number of nitrogens with one attached hydrogen (secondary N) is 1. The summed E-state index contributed by atoms with van der Waals surface area (Å²) in [6, 6.07) is -0.227. The van der Waals surface area contributed by atoms with Crippen LogP contribution in [0.25, 0.3) is 0 Å². The molecule has 0 amide bonds. The molecule has 3 N–H and O–H groups in total. The van der Waals surface area contributed by atoms with Gasteiger partial charge in [0.15, 0.2) is 0 Å². The van der Waals surface area contributed by atoms with E-state index < -0.39 is 28.2 Å². The second-order valence-corrected chi connectivity index (χ2v) is 6.68. The summed E-state index contributed by atoms with van der Waals surface area (Å²) in [4.78, 5) is 10.9. The highest BCUT2D eigenvalue weighted by atomic mass is 32.2. The monoisotopic (exact) mass is 278 g/mol. The van der Waals surface area contributed by atoms with Crippen molar-refractivity contribution < 1.29 is 23.4 Å². The number of carbonyl (C=O) groups is 1. The van der Waals surface area contributed by atoms with Gasteiger partial charge in [-0.25, -0.2) is 0 Å². The molecule has 1 unspecified atom stereocenters. The molecule has 0 radical (unpaired) electrons. The zero-order valence-electron chi connectivity index (χ0n) is 9.95. The molecule has 1 atom stereocenters. The zero-order valence-corrected chi connectivity index (χ0v) is 10.8. The molecule has 7 nitrogen and oxygen atoms in total.